The summed E-state index contributed by atoms with van der Waals surface area (Å²) in [4.78, 5) is 60.0. The van der Waals surface area contributed by atoms with Gasteiger partial charge in [0.15, 0.2) is 0 Å². The van der Waals surface area contributed by atoms with E-state index in [1.54, 1.807) is 44.0 Å². The topological polar surface area (TPSA) is 329 Å². The fraction of sp³-hybridized carbons (Fsp3) is 0.444. The molecule has 4 atom stereocenters. The van der Waals surface area contributed by atoms with E-state index in [0.717, 1.165) is 158 Å². The number of aliphatic hydroxyl groups excluding tert-OH is 1. The molecular formula is C81H107ClI6N13O13SV3-3. The zero-order chi connectivity index (χ0) is 85.7. The summed E-state index contributed by atoms with van der Waals surface area (Å²) in [6, 6.07) is 40.3. The van der Waals surface area contributed by atoms with Gasteiger partial charge in [-0.2, -0.15) is 46.4 Å². The number of carbonyl (C=O) groups excluding carboxylic acids is 5. The van der Waals surface area contributed by atoms with Gasteiger partial charge in [0.05, 0.1) is 94.0 Å². The Hall–Kier alpha value is -3.91. The number of aliphatic hydroxyl groups is 1. The number of alkyl carbamates (subject to hydrolysis) is 4. The maximum atomic E-state index is 12.1. The Balaban J connectivity index is 0.000000726. The summed E-state index contributed by atoms with van der Waals surface area (Å²) < 4.78 is 54.8. The van der Waals surface area contributed by atoms with Crippen LogP contribution >= 0.6 is 141 Å². The van der Waals surface area contributed by atoms with E-state index in [1.807, 2.05) is 148 Å². The number of amides is 4. The van der Waals surface area contributed by atoms with Crippen LogP contribution in [0.5, 0.6) is 0 Å². The van der Waals surface area contributed by atoms with Crippen molar-refractivity contribution >= 4 is 180 Å². The molecule has 4 aliphatic carbocycles. The van der Waals surface area contributed by atoms with Crippen LogP contribution in [0.25, 0.3) is 0 Å². The maximum Gasteiger partial charge on any atom is 0 e. The number of aromatic nitrogens is 8. The minimum atomic E-state index is -3.19. The zero-order valence-corrected chi connectivity index (χ0v) is 86.1. The number of rotatable bonds is 21. The van der Waals surface area contributed by atoms with Crippen molar-refractivity contribution in [3.63, 3.8) is 0 Å². The van der Waals surface area contributed by atoms with Crippen LogP contribution in [0.1, 0.15) is 197 Å². The maximum absolute atomic E-state index is 12.1. The molecule has 118 heavy (non-hydrogen) atoms. The van der Waals surface area contributed by atoms with Crippen molar-refractivity contribution in [1.82, 2.24) is 60.4 Å². The number of aryl methyl sites for hydroxylation is 2. The van der Waals surface area contributed by atoms with E-state index in [9.17, 15) is 32.4 Å². The Morgan fingerprint density at radius 2 is 0.788 bits per heavy atom. The summed E-state index contributed by atoms with van der Waals surface area (Å²) in [5, 5.41) is 47.0. The summed E-state index contributed by atoms with van der Waals surface area (Å²) in [5.74, 6) is -0.309. The number of carbonyl (C=O) groups is 5. The number of fused-ring (bicyclic) bond motifs is 4. The summed E-state index contributed by atoms with van der Waals surface area (Å²) >= 11 is 14.0. The molecule has 4 aromatic heterocycles. The summed E-state index contributed by atoms with van der Waals surface area (Å²) in [5.41, 5.74) is 12.4. The second kappa shape index (κ2) is 65.7. The number of hydrogen-bond acceptors (Lipinski definition) is 18. The average Bonchev–Trinajstić information content (AvgIpc) is 1.67. The molecule has 0 aliphatic heterocycles. The molecule has 4 heterocycles. The first-order valence-electron chi connectivity index (χ1n) is 37.7. The van der Waals surface area contributed by atoms with E-state index in [0.29, 0.717) is 41.6 Å². The molecule has 0 fully saturated rings. The number of nitrogens with zero attached hydrogens (tertiary/aromatic N) is 9. The number of nitriles is 1. The van der Waals surface area contributed by atoms with E-state index in [1.165, 1.54) is 5.69 Å². The van der Waals surface area contributed by atoms with Crippen molar-refractivity contribution < 1.29 is 108 Å². The second-order valence-corrected chi connectivity index (χ2v) is 54.0. The van der Waals surface area contributed by atoms with Crippen molar-refractivity contribution in [2.45, 2.75) is 208 Å². The van der Waals surface area contributed by atoms with Crippen LogP contribution in [0.2, 0.25) is 0 Å². The van der Waals surface area contributed by atoms with E-state index in [4.69, 9.17) is 34.1 Å². The van der Waals surface area contributed by atoms with Gasteiger partial charge in [-0.05, 0) is 120 Å². The first-order chi connectivity index (χ1) is 55.8. The molecular weight excluding hydrogens is 2340 g/mol. The smallest absolute Gasteiger partial charge is 0 e. The number of ether oxygens (including phenoxy) is 5. The molecule has 2 radical (unpaired) electrons. The molecule has 5 N–H and O–H groups in total. The van der Waals surface area contributed by atoms with Gasteiger partial charge in [-0.15, -0.1) is 0 Å². The molecule has 0 spiro atoms. The van der Waals surface area contributed by atoms with Gasteiger partial charge in [0.2, 0.25) is 9.05 Å². The van der Waals surface area contributed by atoms with E-state index < -0.39 is 27.3 Å². The predicted octanol–water partition coefficient (Wildman–Crippen LogP) is 19.8. The Morgan fingerprint density at radius 3 is 1.03 bits per heavy atom. The average molecular weight is 2450 g/mol. The van der Waals surface area contributed by atoms with Gasteiger partial charge in [0.1, 0.15) is 32.4 Å². The Morgan fingerprint density at radius 1 is 0.542 bits per heavy atom. The molecule has 0 bridgehead atoms. The number of nitrogens with one attached hydrogen (secondary N) is 4. The van der Waals surface area contributed by atoms with Gasteiger partial charge < -0.3 is 86.5 Å². The molecule has 0 unspecified atom stereocenters. The number of halogens is 7. The van der Waals surface area contributed by atoms with Gasteiger partial charge in [-0.25, -0.2) is 27.6 Å². The van der Waals surface area contributed by atoms with Crippen molar-refractivity contribution in [3.8, 4) is 6.07 Å². The molecule has 37 heteroatoms. The monoisotopic (exact) mass is 2450 g/mol. The SMILES string of the molecule is CC(I)(I)I.CCCn1ncc2c1CCC[C@H]2NC(=O)OCc1ccccc1.CCOC(=O)Cn1ncc2c1CCC[C@H]2NC(=O)OCc1ccccc1.CS(=O)(=O)Cl.C[CH-]I.N#CCCn1ncc2c1CCC[C@H]2NC(=O)OCc1ccccc1.O=C(N[C@@H]1CCCc2c1cnn2CCO)OCc1ccccc1.[CH2-]C.[CH2-]C.[I][V][I].[V].[V]. The first kappa shape index (κ1) is 112. The fourth-order valence-corrected chi connectivity index (χ4v) is 12.2. The zero-order valence-electron chi connectivity index (χ0n) is 67.4. The van der Waals surface area contributed by atoms with Gasteiger partial charge in [-0.3, -0.25) is 27.9 Å². The van der Waals surface area contributed by atoms with E-state index in [-0.39, 0.29) is 106 Å². The number of hydrogen-bond donors (Lipinski definition) is 5. The van der Waals surface area contributed by atoms with Crippen LogP contribution in [-0.4, -0.2) is 102 Å². The van der Waals surface area contributed by atoms with Crippen molar-refractivity contribution in [1.29, 1.82) is 5.26 Å². The molecule has 0 saturated heterocycles. The van der Waals surface area contributed by atoms with Crippen molar-refractivity contribution in [3.05, 3.63) is 232 Å². The fourth-order valence-electron chi connectivity index (χ4n) is 12.2. The van der Waals surface area contributed by atoms with Gasteiger partial charge in [-0.1, -0.05) is 196 Å². The predicted molar refractivity (Wildman–Crippen MR) is 500 cm³/mol. The summed E-state index contributed by atoms with van der Waals surface area (Å²) in [6.07, 6.45) is 19.1. The van der Waals surface area contributed by atoms with E-state index in [2.05, 4.69) is 221 Å². The molecule has 647 valence electrons. The van der Waals surface area contributed by atoms with Crippen LogP contribution in [0.3, 0.4) is 0 Å². The number of benzene rings is 4. The molecule has 8 aromatic rings. The molecule has 4 aliphatic rings. The largest absolute Gasteiger partial charge is 0 e. The van der Waals surface area contributed by atoms with Crippen molar-refractivity contribution in [2.24, 2.45) is 0 Å². The minimum absolute atomic E-state index is 0. The third kappa shape index (κ3) is 46.2. The third-order valence-corrected chi connectivity index (χ3v) is 16.8. The summed E-state index contributed by atoms with van der Waals surface area (Å²) in [6.45, 7) is 21.6. The second-order valence-electron chi connectivity index (χ2n) is 25.3. The first-order valence-corrected chi connectivity index (χ1v) is 53.9. The van der Waals surface area contributed by atoms with Gasteiger partial charge in [0.25, 0.3) is 0 Å². The standard InChI is InChI=1S/C19H23N3O4.C18H20N4O2.C18H23N3O2.C17H21N3O3.C2H3I3.C2H4I.2C2H5.CH3ClO2S.2HI.3V/c1-2-25-18(23)12-22-17-10-6-9-16(15(17)11-20-22)21-19(24)26-13-14-7-4-3-5-8-14;19-10-5-11-22-17-9-4-8-16(15(17)12-20-22)21-18(23)24-13-14-6-2-1-3-7-14;1-2-11-21-17-10-6-9-16(15(17)12-19-21)20-18(22)23-13-14-7-4-3-5-8-14;21-10-9-20-16-8-4-7-15(14(16)11-18-20)19-17(22)23-12-13-5-2-1-3-6-13;1-2(3,4)5;1-2-3;2*1-2;1-5(2,3)4;;;;;/h3-5,7-8,11,16H,2,6,9-10,12-13H2,1H3,(H,21,24);1-3,6-7,12,16H,4-5,8-9,11,13H2,(H,21,23);3-5,7-8,12,16H,2,6,9-11,13H2,1H3,(H,20,22);1-3,5-6,11,15,21H,4,7-10,12H2,(H,19,22);1H3;2H,1H3;2*1H2,2H3;1H3;2*1H;;;/q;;;;;3*-1;;;;;;+2/p-2/t3*16-;15-;;;;;;;;;;/m1111........../s1. The van der Waals surface area contributed by atoms with Crippen LogP contribution in [0, 0.1) is 29.6 Å². The molecule has 26 nitrogen and oxygen atoms in total. The Bertz CT molecular complexity index is 4120. The summed E-state index contributed by atoms with van der Waals surface area (Å²) in [7, 11) is 1.94. The van der Waals surface area contributed by atoms with Crippen LogP contribution in [-0.2, 0) is 162 Å². The number of alkyl halides is 3. The quantitative estimate of drug-likeness (QED) is 0.0111. The van der Waals surface area contributed by atoms with Crippen molar-refractivity contribution in [2.75, 3.05) is 19.5 Å². The Kier molecular flexibility index (Phi) is 62.4. The van der Waals surface area contributed by atoms with Crippen LogP contribution in [0.15, 0.2) is 146 Å². The number of esters is 1. The molecule has 4 amide bonds. The van der Waals surface area contributed by atoms with E-state index >= 15 is 0 Å². The van der Waals surface area contributed by atoms with Gasteiger partial charge in [0, 0.05) is 99.4 Å². The van der Waals surface area contributed by atoms with Crippen LogP contribution < -0.4 is 21.3 Å². The minimum Gasteiger partial charge on any atom is 0 e. The Labute approximate surface area is 808 Å². The molecule has 0 saturated carbocycles. The normalized spacial score (nSPS) is 14.6. The third-order valence-electron chi connectivity index (χ3n) is 16.8. The molecule has 12 rings (SSSR count). The van der Waals surface area contributed by atoms with Crippen LogP contribution in [0.4, 0.5) is 19.2 Å². The van der Waals surface area contributed by atoms with Gasteiger partial charge >= 0.3 is 79.8 Å². The molecule has 4 aromatic carbocycles.